The lowest BCUT2D eigenvalue weighted by Crippen LogP contribution is -2.17. The van der Waals surface area contributed by atoms with Crippen LogP contribution in [-0.4, -0.2) is 17.2 Å². The number of hydrogen-bond acceptors (Lipinski definition) is 4. The molecule has 0 fully saturated rings. The number of furan rings is 1. The molecule has 5 nitrogen and oxygen atoms in total. The Kier molecular flexibility index (Phi) is 4.04. The Hall–Kier alpha value is -2.79. The van der Waals surface area contributed by atoms with Crippen LogP contribution in [0.4, 0.5) is 0 Å². The summed E-state index contributed by atoms with van der Waals surface area (Å²) in [5.41, 5.74) is 4.17. The van der Waals surface area contributed by atoms with Crippen molar-refractivity contribution in [2.45, 2.75) is 6.92 Å². The van der Waals surface area contributed by atoms with Crippen LogP contribution in [0.2, 0.25) is 5.02 Å². The molecule has 2 aromatic carbocycles. The highest BCUT2D eigenvalue weighted by Crippen LogP contribution is 2.24. The molecule has 3 aromatic rings. The Balaban J connectivity index is 1.80. The van der Waals surface area contributed by atoms with Crippen molar-refractivity contribution in [3.8, 4) is 5.75 Å². The zero-order valence-electron chi connectivity index (χ0n) is 12.2. The van der Waals surface area contributed by atoms with E-state index in [-0.39, 0.29) is 11.5 Å². The van der Waals surface area contributed by atoms with Gasteiger partial charge in [0.2, 0.25) is 0 Å². The number of nitrogens with zero attached hydrogens (tertiary/aromatic N) is 1. The molecule has 2 N–H and O–H groups in total. The Morgan fingerprint density at radius 3 is 2.87 bits per heavy atom. The molecule has 3 rings (SSSR count). The third-order valence-corrected chi connectivity index (χ3v) is 3.64. The molecule has 116 valence electrons. The van der Waals surface area contributed by atoms with Crippen LogP contribution in [0.15, 0.2) is 52.0 Å². The first-order valence-corrected chi connectivity index (χ1v) is 7.24. The van der Waals surface area contributed by atoms with Crippen LogP contribution in [-0.2, 0) is 0 Å². The SMILES string of the molecule is Cc1c(C(=O)N/N=C/c2cc(Cl)ccc2O)oc2ccccc12. The summed E-state index contributed by atoms with van der Waals surface area (Å²) in [6, 6.07) is 12.0. The van der Waals surface area contributed by atoms with Crippen LogP contribution in [0.5, 0.6) is 5.75 Å². The van der Waals surface area contributed by atoms with E-state index in [1.165, 1.54) is 12.3 Å². The summed E-state index contributed by atoms with van der Waals surface area (Å²) >= 11 is 5.84. The number of carbonyl (C=O) groups excluding carboxylic acids is 1. The molecule has 23 heavy (non-hydrogen) atoms. The first-order valence-electron chi connectivity index (χ1n) is 6.86. The van der Waals surface area contributed by atoms with Crippen LogP contribution in [0.3, 0.4) is 0 Å². The van der Waals surface area contributed by atoms with Gasteiger partial charge in [-0.15, -0.1) is 0 Å². The van der Waals surface area contributed by atoms with Gasteiger partial charge >= 0.3 is 5.91 Å². The number of nitrogens with one attached hydrogen (secondary N) is 1. The van der Waals surface area contributed by atoms with Crippen molar-refractivity contribution in [2.75, 3.05) is 0 Å². The highest BCUT2D eigenvalue weighted by atomic mass is 35.5. The number of benzene rings is 2. The number of hydrazone groups is 1. The molecule has 0 aliphatic carbocycles. The zero-order valence-corrected chi connectivity index (χ0v) is 13.0. The summed E-state index contributed by atoms with van der Waals surface area (Å²) in [5, 5.41) is 14.8. The Bertz CT molecular complexity index is 915. The van der Waals surface area contributed by atoms with Crippen molar-refractivity contribution >= 4 is 34.7 Å². The van der Waals surface area contributed by atoms with E-state index < -0.39 is 5.91 Å². The van der Waals surface area contributed by atoms with E-state index in [0.717, 1.165) is 10.9 Å². The molecular formula is C17H13ClN2O3. The summed E-state index contributed by atoms with van der Waals surface area (Å²) in [6.07, 6.45) is 1.32. The molecule has 0 bridgehead atoms. The molecule has 0 saturated heterocycles. The second kappa shape index (κ2) is 6.14. The molecule has 1 amide bonds. The maximum atomic E-state index is 12.2. The van der Waals surface area contributed by atoms with Crippen molar-refractivity contribution in [2.24, 2.45) is 5.10 Å². The van der Waals surface area contributed by atoms with E-state index in [2.05, 4.69) is 10.5 Å². The normalized spacial score (nSPS) is 11.2. The summed E-state index contributed by atoms with van der Waals surface area (Å²) in [5.74, 6) is -0.234. The molecule has 0 radical (unpaired) electrons. The fourth-order valence-electron chi connectivity index (χ4n) is 2.23. The molecule has 0 unspecified atom stereocenters. The van der Waals surface area contributed by atoms with Crippen LogP contribution >= 0.6 is 11.6 Å². The maximum Gasteiger partial charge on any atom is 0.307 e. The minimum Gasteiger partial charge on any atom is -0.507 e. The lowest BCUT2D eigenvalue weighted by Gasteiger charge is -2.00. The molecule has 0 aliphatic heterocycles. The van der Waals surface area contributed by atoms with E-state index in [9.17, 15) is 9.90 Å². The van der Waals surface area contributed by atoms with E-state index in [4.69, 9.17) is 16.0 Å². The number of phenolic OH excluding ortho intramolecular Hbond substituents is 1. The fourth-order valence-corrected chi connectivity index (χ4v) is 2.41. The van der Waals surface area contributed by atoms with Gasteiger partial charge in [0.25, 0.3) is 0 Å². The van der Waals surface area contributed by atoms with Crippen molar-refractivity contribution in [1.82, 2.24) is 5.43 Å². The minimum absolute atomic E-state index is 0.0207. The van der Waals surface area contributed by atoms with Crippen molar-refractivity contribution in [3.05, 3.63) is 64.4 Å². The Morgan fingerprint density at radius 1 is 1.30 bits per heavy atom. The average Bonchev–Trinajstić information content (AvgIpc) is 2.88. The standard InChI is InChI=1S/C17H13ClN2O3/c1-10-13-4-2-3-5-15(13)23-16(10)17(22)20-19-9-11-8-12(18)6-7-14(11)21/h2-9,21H,1H3,(H,20,22)/b19-9+. The number of fused-ring (bicyclic) bond motifs is 1. The molecule has 1 heterocycles. The number of para-hydroxylation sites is 1. The quantitative estimate of drug-likeness (QED) is 0.566. The van der Waals surface area contributed by atoms with Gasteiger partial charge in [0.1, 0.15) is 11.3 Å². The number of aromatic hydroxyl groups is 1. The van der Waals surface area contributed by atoms with Gasteiger partial charge in [0.05, 0.1) is 6.21 Å². The summed E-state index contributed by atoms with van der Waals surface area (Å²) in [7, 11) is 0. The molecule has 0 aliphatic rings. The van der Waals surface area contributed by atoms with Crippen LogP contribution in [0.1, 0.15) is 21.7 Å². The smallest absolute Gasteiger partial charge is 0.307 e. The predicted molar refractivity (Wildman–Crippen MR) is 89.1 cm³/mol. The highest BCUT2D eigenvalue weighted by molar-refractivity contribution is 6.30. The van der Waals surface area contributed by atoms with Crippen LogP contribution in [0, 0.1) is 6.92 Å². The summed E-state index contributed by atoms with van der Waals surface area (Å²) in [6.45, 7) is 1.81. The number of carbonyl (C=O) groups is 1. The van der Waals surface area contributed by atoms with Gasteiger partial charge in [-0.2, -0.15) is 5.10 Å². The van der Waals surface area contributed by atoms with Gasteiger partial charge in [-0.05, 0) is 31.2 Å². The van der Waals surface area contributed by atoms with Gasteiger partial charge in [-0.3, -0.25) is 4.79 Å². The maximum absolute atomic E-state index is 12.2. The third kappa shape index (κ3) is 3.05. The topological polar surface area (TPSA) is 74.8 Å². The molecule has 0 atom stereocenters. The molecular weight excluding hydrogens is 316 g/mol. The van der Waals surface area contributed by atoms with Gasteiger partial charge in [-0.1, -0.05) is 29.8 Å². The van der Waals surface area contributed by atoms with Crippen LogP contribution < -0.4 is 5.43 Å². The number of aryl methyl sites for hydroxylation is 1. The monoisotopic (exact) mass is 328 g/mol. The van der Waals surface area contributed by atoms with E-state index in [1.807, 2.05) is 25.1 Å². The molecule has 0 spiro atoms. The number of hydrogen-bond donors (Lipinski definition) is 2. The summed E-state index contributed by atoms with van der Waals surface area (Å²) in [4.78, 5) is 12.2. The fraction of sp³-hybridized carbons (Fsp3) is 0.0588. The predicted octanol–water partition coefficient (Wildman–Crippen LogP) is 3.86. The molecule has 0 saturated carbocycles. The van der Waals surface area contributed by atoms with Crippen LogP contribution in [0.25, 0.3) is 11.0 Å². The molecule has 1 aromatic heterocycles. The van der Waals surface area contributed by atoms with Gasteiger partial charge in [0, 0.05) is 21.5 Å². The number of halogens is 1. The average molecular weight is 329 g/mol. The Morgan fingerprint density at radius 2 is 2.09 bits per heavy atom. The van der Waals surface area contributed by atoms with Gasteiger partial charge in [-0.25, -0.2) is 5.43 Å². The highest BCUT2D eigenvalue weighted by Gasteiger charge is 2.16. The number of rotatable bonds is 3. The largest absolute Gasteiger partial charge is 0.507 e. The van der Waals surface area contributed by atoms with Gasteiger partial charge < -0.3 is 9.52 Å². The van der Waals surface area contributed by atoms with Crippen molar-refractivity contribution < 1.29 is 14.3 Å². The van der Waals surface area contributed by atoms with E-state index in [0.29, 0.717) is 16.2 Å². The Labute approximate surface area is 137 Å². The summed E-state index contributed by atoms with van der Waals surface area (Å²) < 4.78 is 5.55. The van der Waals surface area contributed by atoms with E-state index in [1.54, 1.807) is 18.2 Å². The van der Waals surface area contributed by atoms with Gasteiger partial charge in [0.15, 0.2) is 5.76 Å². The third-order valence-electron chi connectivity index (χ3n) is 3.41. The first kappa shape index (κ1) is 15.1. The first-order chi connectivity index (χ1) is 11.1. The number of amides is 1. The van der Waals surface area contributed by atoms with E-state index >= 15 is 0 Å². The molecule has 6 heteroatoms. The number of phenols is 1. The second-order valence-electron chi connectivity index (χ2n) is 4.95. The minimum atomic E-state index is -0.462. The lowest BCUT2D eigenvalue weighted by atomic mass is 10.1. The van der Waals surface area contributed by atoms with Crippen molar-refractivity contribution in [1.29, 1.82) is 0 Å². The second-order valence-corrected chi connectivity index (χ2v) is 5.39. The van der Waals surface area contributed by atoms with Crippen molar-refractivity contribution in [3.63, 3.8) is 0 Å². The lowest BCUT2D eigenvalue weighted by molar-refractivity contribution is 0.0929. The zero-order chi connectivity index (χ0) is 16.4.